The van der Waals surface area contributed by atoms with Gasteiger partial charge >= 0.3 is 0 Å². The molecule has 0 aliphatic carbocycles. The zero-order chi connectivity index (χ0) is 55.3. The van der Waals surface area contributed by atoms with Crippen molar-refractivity contribution in [2.24, 2.45) is 34.2 Å². The lowest BCUT2D eigenvalue weighted by molar-refractivity contribution is -0.143. The summed E-state index contributed by atoms with van der Waals surface area (Å²) in [5.41, 5.74) is 11.0. The fraction of sp³-hybridized carbons (Fsp3) is 0.776. The summed E-state index contributed by atoms with van der Waals surface area (Å²) in [4.78, 5) is 144. The van der Waals surface area contributed by atoms with Gasteiger partial charge in [0.25, 0.3) is 0 Å². The minimum absolute atomic E-state index is 0.0888. The van der Waals surface area contributed by atoms with Gasteiger partial charge in [-0.05, 0) is 83.0 Å². The quantitative estimate of drug-likeness (QED) is 0.0231. The Hall–Kier alpha value is -6.07. The monoisotopic (exact) mass is 1030 g/mol. The second-order valence-electron chi connectivity index (χ2n) is 20.1. The first-order valence-corrected chi connectivity index (χ1v) is 25.9. The van der Waals surface area contributed by atoms with Crippen LogP contribution in [0.15, 0.2) is 4.99 Å². The van der Waals surface area contributed by atoms with Gasteiger partial charge in [0.05, 0.1) is 12.6 Å². The SMILES string of the molecule is CCC[C@H](NC(=O)[C@@H](NC(=O)[C@@H](CC(C)C)NC(=O)[C@@H](NC(=O)[C@@H]1CCCN1C(=O)CN(C)C(C)=O)C(C)C)[C@@H](C)O)C(=O)N[C@H](C(=O)N[C@@H](CCCN=C(N)N)C(=O)N1CCC[C@H]1C(=O)NCC)[C@@H](C)CC. The molecule has 0 aromatic carbocycles. The molecule has 0 bridgehead atoms. The van der Waals surface area contributed by atoms with E-state index in [0.29, 0.717) is 64.6 Å². The predicted molar refractivity (Wildman–Crippen MR) is 273 cm³/mol. The Morgan fingerprint density at radius 3 is 1.74 bits per heavy atom. The Balaban J connectivity index is 2.30. The van der Waals surface area contributed by atoms with E-state index in [0.717, 1.165) is 0 Å². The Labute approximate surface area is 430 Å². The van der Waals surface area contributed by atoms with E-state index >= 15 is 0 Å². The minimum Gasteiger partial charge on any atom is -0.391 e. The number of hydrogen-bond donors (Lipinski definition) is 10. The third-order valence-electron chi connectivity index (χ3n) is 13.2. The van der Waals surface area contributed by atoms with Crippen LogP contribution >= 0.6 is 0 Å². The molecule has 2 fully saturated rings. The fourth-order valence-corrected chi connectivity index (χ4v) is 8.74. The highest BCUT2D eigenvalue weighted by Gasteiger charge is 2.41. The van der Waals surface area contributed by atoms with E-state index in [4.69, 9.17) is 11.5 Å². The van der Waals surface area contributed by atoms with E-state index in [1.807, 2.05) is 20.8 Å². The molecule has 0 unspecified atom stereocenters. The number of guanidine groups is 1. The maximum atomic E-state index is 14.2. The molecule has 10 atom stereocenters. The number of nitrogens with two attached hydrogens (primary N) is 2. The summed E-state index contributed by atoms with van der Waals surface area (Å²) < 4.78 is 0. The lowest BCUT2D eigenvalue weighted by Gasteiger charge is -2.32. The van der Waals surface area contributed by atoms with Crippen molar-refractivity contribution in [3.8, 4) is 0 Å². The molecule has 2 rings (SSSR count). The smallest absolute Gasteiger partial charge is 0.245 e. The minimum atomic E-state index is -1.62. The molecule has 73 heavy (non-hydrogen) atoms. The summed E-state index contributed by atoms with van der Waals surface area (Å²) in [6.07, 6.45) is 1.83. The van der Waals surface area contributed by atoms with Crippen molar-refractivity contribution >= 4 is 65.0 Å². The van der Waals surface area contributed by atoms with E-state index in [9.17, 15) is 53.1 Å². The zero-order valence-corrected chi connectivity index (χ0v) is 45.0. The molecule has 0 aromatic heterocycles. The van der Waals surface area contributed by atoms with Crippen molar-refractivity contribution in [2.45, 2.75) is 188 Å². The first kappa shape index (κ1) is 63.0. The van der Waals surface area contributed by atoms with Crippen molar-refractivity contribution in [1.82, 2.24) is 51.9 Å². The molecule has 0 saturated carbocycles. The lowest BCUT2D eigenvalue weighted by Crippen LogP contribution is -2.62. The van der Waals surface area contributed by atoms with Gasteiger partial charge in [0.15, 0.2) is 5.96 Å². The molecule has 0 radical (unpaired) electrons. The van der Waals surface area contributed by atoms with Crippen LogP contribution in [0.5, 0.6) is 0 Å². The molecule has 12 N–H and O–H groups in total. The number of aliphatic imine (C=N–C) groups is 1. The molecule has 2 aliphatic rings. The van der Waals surface area contributed by atoms with Crippen molar-refractivity contribution in [3.05, 3.63) is 0 Å². The molecule has 10 amide bonds. The number of aliphatic hydroxyl groups excluding tert-OH is 1. The molecule has 24 nitrogen and oxygen atoms in total. The molecule has 2 heterocycles. The van der Waals surface area contributed by atoms with Gasteiger partial charge in [-0.25, -0.2) is 0 Å². The van der Waals surface area contributed by atoms with Crippen LogP contribution in [0.3, 0.4) is 0 Å². The lowest BCUT2D eigenvalue weighted by atomic mass is 9.96. The number of nitrogens with zero attached hydrogens (tertiary/aromatic N) is 4. The van der Waals surface area contributed by atoms with Crippen LogP contribution in [0.4, 0.5) is 0 Å². The summed E-state index contributed by atoms with van der Waals surface area (Å²) in [6, 6.07) is -9.15. The maximum Gasteiger partial charge on any atom is 0.245 e. The van der Waals surface area contributed by atoms with Gasteiger partial charge in [-0.2, -0.15) is 0 Å². The van der Waals surface area contributed by atoms with Gasteiger partial charge < -0.3 is 68.5 Å². The zero-order valence-electron chi connectivity index (χ0n) is 45.0. The third kappa shape index (κ3) is 19.7. The number of likely N-dealkylation sites (tertiary alicyclic amines) is 2. The van der Waals surface area contributed by atoms with E-state index in [-0.39, 0.29) is 56.0 Å². The molecule has 0 aromatic rings. The number of rotatable bonds is 29. The third-order valence-corrected chi connectivity index (χ3v) is 13.2. The van der Waals surface area contributed by atoms with E-state index < -0.39 is 114 Å². The van der Waals surface area contributed by atoms with Crippen LogP contribution in [-0.2, 0) is 47.9 Å². The first-order chi connectivity index (χ1) is 34.3. The Morgan fingerprint density at radius 2 is 1.21 bits per heavy atom. The second kappa shape index (κ2) is 30.8. The molecule has 414 valence electrons. The number of nitrogens with one attached hydrogen (secondary N) is 7. The van der Waals surface area contributed by atoms with Crippen LogP contribution in [0.1, 0.15) is 133 Å². The maximum absolute atomic E-state index is 14.2. The number of amides is 10. The van der Waals surface area contributed by atoms with Gasteiger partial charge in [0.2, 0.25) is 59.1 Å². The number of hydrogen-bond acceptors (Lipinski definition) is 12. The highest BCUT2D eigenvalue weighted by molar-refractivity contribution is 5.98. The molecule has 2 aliphatic heterocycles. The fourth-order valence-electron chi connectivity index (χ4n) is 8.74. The predicted octanol–water partition coefficient (Wildman–Crippen LogP) is -1.53. The van der Waals surface area contributed by atoms with Crippen LogP contribution in [-0.4, -0.2) is 179 Å². The van der Waals surface area contributed by atoms with Crippen LogP contribution in [0.2, 0.25) is 0 Å². The van der Waals surface area contributed by atoms with Gasteiger partial charge in [-0.3, -0.25) is 52.9 Å². The van der Waals surface area contributed by atoms with Crippen molar-refractivity contribution < 1.29 is 53.1 Å². The van der Waals surface area contributed by atoms with Crippen molar-refractivity contribution in [1.29, 1.82) is 0 Å². The molecular formula is C49H87N13O11. The van der Waals surface area contributed by atoms with Crippen molar-refractivity contribution in [2.75, 3.05) is 39.8 Å². The summed E-state index contributed by atoms with van der Waals surface area (Å²) in [5, 5.41) is 29.9. The standard InChI is InChI=1S/C49H87N13O11/c1-12-18-32(41(66)58-39(29(8)13-2)46(71)55-33(19-15-22-53-49(50)51)48(73)62-24-17-20-35(62)43(68)52-14-3)54-47(72)40(30(9)63)59-42(67)34(25-27(4)5)56-45(70)38(28(6)7)57-44(69)36-21-16-23-61(36)37(65)26-60(11)31(10)64/h27-30,32-36,38-40,63H,12-26H2,1-11H3,(H,52,68)(H,54,72)(H,55,71)(H,56,70)(H,57,69)(H,58,66)(H,59,67)(H4,50,51,53)/t29-,30+,32-,33-,34+,35-,36-,38-,39-,40-/m0/s1. The second-order valence-corrected chi connectivity index (χ2v) is 20.1. The normalized spacial score (nSPS) is 18.7. The Kier molecular flexibility index (Phi) is 26.6. The Bertz CT molecular complexity index is 1950. The average Bonchev–Trinajstić information content (AvgIpc) is 4.03. The van der Waals surface area contributed by atoms with E-state index in [1.165, 1.54) is 35.6 Å². The van der Waals surface area contributed by atoms with Gasteiger partial charge in [-0.1, -0.05) is 61.3 Å². The summed E-state index contributed by atoms with van der Waals surface area (Å²) in [7, 11) is 1.48. The number of carbonyl (C=O) groups excluding carboxylic acids is 10. The van der Waals surface area contributed by atoms with Gasteiger partial charge in [-0.15, -0.1) is 0 Å². The summed E-state index contributed by atoms with van der Waals surface area (Å²) in [5.74, 6) is -7.16. The number of likely N-dealkylation sites (N-methyl/N-ethyl adjacent to an activating group) is 2. The van der Waals surface area contributed by atoms with E-state index in [1.54, 1.807) is 34.6 Å². The topological polar surface area (TPSA) is 349 Å². The van der Waals surface area contributed by atoms with Crippen LogP contribution in [0, 0.1) is 17.8 Å². The number of carbonyl (C=O) groups is 10. The van der Waals surface area contributed by atoms with Crippen LogP contribution < -0.4 is 48.7 Å². The highest BCUT2D eigenvalue weighted by atomic mass is 16.3. The summed E-state index contributed by atoms with van der Waals surface area (Å²) >= 11 is 0. The van der Waals surface area contributed by atoms with Crippen molar-refractivity contribution in [3.63, 3.8) is 0 Å². The van der Waals surface area contributed by atoms with E-state index in [2.05, 4.69) is 42.2 Å². The molecule has 2 saturated heterocycles. The molecule has 24 heteroatoms. The average molecular weight is 1030 g/mol. The first-order valence-electron chi connectivity index (χ1n) is 25.9. The summed E-state index contributed by atoms with van der Waals surface area (Å²) in [6.45, 7) is 17.7. The molecular weight excluding hydrogens is 947 g/mol. The largest absolute Gasteiger partial charge is 0.391 e. The molecule has 0 spiro atoms. The van der Waals surface area contributed by atoms with Gasteiger partial charge in [0, 0.05) is 40.2 Å². The van der Waals surface area contributed by atoms with Gasteiger partial charge in [0.1, 0.15) is 48.3 Å². The Morgan fingerprint density at radius 1 is 0.671 bits per heavy atom. The number of aliphatic hydroxyl groups is 1. The van der Waals surface area contributed by atoms with Crippen LogP contribution in [0.25, 0.3) is 0 Å². The highest BCUT2D eigenvalue weighted by Crippen LogP contribution is 2.22.